The molecule has 0 saturated heterocycles. The minimum Gasteiger partial charge on any atom is -0.453 e. The third-order valence-electron chi connectivity index (χ3n) is 3.99. The van der Waals surface area contributed by atoms with Gasteiger partial charge >= 0.3 is 6.09 Å². The van der Waals surface area contributed by atoms with Crippen LogP contribution in [0.3, 0.4) is 0 Å². The van der Waals surface area contributed by atoms with Crippen LogP contribution in [0.1, 0.15) is 27.2 Å². The Labute approximate surface area is 173 Å². The Balaban J connectivity index is 2.61. The largest absolute Gasteiger partial charge is 0.453 e. The molecule has 0 fully saturated rings. The smallest absolute Gasteiger partial charge is 0.411 e. The Hall–Kier alpha value is -2.06. The first-order valence-corrected chi connectivity index (χ1v) is 11.2. The van der Waals surface area contributed by atoms with Gasteiger partial charge in [-0.25, -0.2) is 4.79 Å². The number of ether oxygens (including phenoxy) is 1. The predicted molar refractivity (Wildman–Crippen MR) is 114 cm³/mol. The monoisotopic (exact) mass is 417 g/mol. The molecule has 0 aromatic rings. The average Bonchev–Trinajstić information content (AvgIpc) is 2.63. The van der Waals surface area contributed by atoms with Crippen LogP contribution in [-0.4, -0.2) is 40.7 Å². The van der Waals surface area contributed by atoms with Gasteiger partial charge in [-0.05, 0) is 24.6 Å². The molecule has 0 aromatic heterocycles. The molecule has 148 valence electrons. The number of nitrogens with one attached hydrogen (secondary N) is 1. The number of Topliss-reactive ketones (excluding diaryl/α,β-unsaturated/α-hetero) is 1. The van der Waals surface area contributed by atoms with E-state index in [4.69, 9.17) is 0 Å². The van der Waals surface area contributed by atoms with Gasteiger partial charge in [-0.1, -0.05) is 65.2 Å². The van der Waals surface area contributed by atoms with Crippen molar-refractivity contribution in [2.75, 3.05) is 12.9 Å². The third kappa shape index (κ3) is 5.48. The van der Waals surface area contributed by atoms with Gasteiger partial charge in [-0.2, -0.15) is 0 Å². The second-order valence-electron chi connectivity index (χ2n) is 6.53. The Morgan fingerprint density at radius 2 is 2.18 bits per heavy atom. The SMILES string of the molecule is COC(=O)NC1=C2/C(=C\CSSC(C)C)[C@](O)(C#C/C=C\C#C[C@@H]2C)CC1=O. The first-order valence-electron chi connectivity index (χ1n) is 8.81. The second-order valence-corrected chi connectivity index (χ2v) is 9.51. The number of rotatable bonds is 5. The number of carbonyl (C=O) groups excluding carboxylic acids is 2. The van der Waals surface area contributed by atoms with Crippen molar-refractivity contribution in [2.24, 2.45) is 5.92 Å². The van der Waals surface area contributed by atoms with Crippen LogP contribution in [0.5, 0.6) is 0 Å². The van der Waals surface area contributed by atoms with Crippen LogP contribution < -0.4 is 5.32 Å². The fraction of sp³-hybridized carbons (Fsp3) is 0.429. The number of aliphatic hydroxyl groups is 1. The van der Waals surface area contributed by atoms with E-state index in [1.54, 1.807) is 33.7 Å². The second kappa shape index (κ2) is 9.93. The van der Waals surface area contributed by atoms with Crippen LogP contribution in [0.2, 0.25) is 0 Å². The Morgan fingerprint density at radius 3 is 2.86 bits per heavy atom. The third-order valence-corrected chi connectivity index (χ3v) is 6.79. The van der Waals surface area contributed by atoms with Gasteiger partial charge in [0.15, 0.2) is 11.4 Å². The van der Waals surface area contributed by atoms with Crippen LogP contribution in [0, 0.1) is 29.6 Å². The van der Waals surface area contributed by atoms with Crippen LogP contribution >= 0.6 is 21.6 Å². The summed E-state index contributed by atoms with van der Waals surface area (Å²) >= 11 is 0. The molecule has 1 amide bonds. The van der Waals surface area contributed by atoms with Gasteiger partial charge in [-0.3, -0.25) is 10.1 Å². The van der Waals surface area contributed by atoms with Crippen LogP contribution in [-0.2, 0) is 9.53 Å². The summed E-state index contributed by atoms with van der Waals surface area (Å²) in [5.41, 5.74) is -0.525. The fourth-order valence-corrected chi connectivity index (χ4v) is 4.68. The summed E-state index contributed by atoms with van der Waals surface area (Å²) in [6.07, 6.45) is 4.04. The van der Waals surface area contributed by atoms with Crippen molar-refractivity contribution < 1.29 is 19.4 Å². The molecule has 0 heterocycles. The molecule has 5 nitrogen and oxygen atoms in total. The molecule has 2 aliphatic carbocycles. The molecule has 2 atom stereocenters. The Morgan fingerprint density at radius 1 is 1.46 bits per heavy atom. The molecular weight excluding hydrogens is 394 g/mol. The van der Waals surface area contributed by atoms with Crippen molar-refractivity contribution in [2.45, 2.75) is 38.0 Å². The van der Waals surface area contributed by atoms with E-state index in [-0.39, 0.29) is 12.1 Å². The number of ketones is 1. The maximum absolute atomic E-state index is 12.8. The lowest BCUT2D eigenvalue weighted by Gasteiger charge is -2.34. The van der Waals surface area contributed by atoms with Crippen molar-refractivity contribution in [3.05, 3.63) is 35.1 Å². The number of methoxy groups -OCH3 is 1. The molecule has 2 aliphatic rings. The van der Waals surface area contributed by atoms with Gasteiger partial charge in [0, 0.05) is 22.5 Å². The Bertz CT molecular complexity index is 864. The molecule has 0 unspecified atom stereocenters. The van der Waals surface area contributed by atoms with E-state index in [2.05, 4.69) is 47.6 Å². The van der Waals surface area contributed by atoms with E-state index >= 15 is 0 Å². The molecule has 2 bridgehead atoms. The van der Waals surface area contributed by atoms with Crippen molar-refractivity contribution in [3.8, 4) is 23.7 Å². The zero-order chi connectivity index (χ0) is 20.7. The molecule has 2 rings (SSSR count). The highest BCUT2D eigenvalue weighted by molar-refractivity contribution is 8.77. The predicted octanol–water partition coefficient (Wildman–Crippen LogP) is 3.23. The highest BCUT2D eigenvalue weighted by Gasteiger charge is 2.43. The van der Waals surface area contributed by atoms with Gasteiger partial charge in [-0.15, -0.1) is 0 Å². The number of hydrogen-bond donors (Lipinski definition) is 2. The minimum absolute atomic E-state index is 0.109. The number of carbonyl (C=O) groups is 2. The summed E-state index contributed by atoms with van der Waals surface area (Å²) in [7, 11) is 4.60. The summed E-state index contributed by atoms with van der Waals surface area (Å²) < 4.78 is 4.66. The molecular formula is C21H23NO4S2. The van der Waals surface area contributed by atoms with Crippen LogP contribution in [0.15, 0.2) is 35.1 Å². The van der Waals surface area contributed by atoms with E-state index in [9.17, 15) is 14.7 Å². The average molecular weight is 418 g/mol. The highest BCUT2D eigenvalue weighted by atomic mass is 33.1. The summed E-state index contributed by atoms with van der Waals surface area (Å²) in [6, 6.07) is 0. The van der Waals surface area contributed by atoms with Crippen LogP contribution in [0.25, 0.3) is 0 Å². The normalized spacial score (nSPS) is 26.1. The van der Waals surface area contributed by atoms with E-state index in [1.165, 1.54) is 7.11 Å². The topological polar surface area (TPSA) is 75.6 Å². The minimum atomic E-state index is -1.63. The van der Waals surface area contributed by atoms with Gasteiger partial charge in [0.2, 0.25) is 0 Å². The number of fused-ring (bicyclic) bond motifs is 2. The highest BCUT2D eigenvalue weighted by Crippen LogP contribution is 2.39. The van der Waals surface area contributed by atoms with Gasteiger partial charge in [0.1, 0.15) is 0 Å². The lowest BCUT2D eigenvalue weighted by atomic mass is 9.73. The standard InChI is InChI=1S/C21H23NO4S2/c1-14(2)28-27-12-10-16-18-15(3)9-7-5-6-8-11-21(16,25)13-17(23)19(18)22-20(24)26-4/h5-6,10,14-15,25H,12-13H2,1-4H3,(H,22,24)/b6-5-,16-10+/t15-,21-/m0/s1. The van der Waals surface area contributed by atoms with Gasteiger partial charge in [0.25, 0.3) is 0 Å². The quantitative estimate of drug-likeness (QED) is 0.406. The molecule has 0 aromatic carbocycles. The molecule has 28 heavy (non-hydrogen) atoms. The Kier molecular flexibility index (Phi) is 7.88. The number of alkyl carbamates (subject to hydrolysis) is 1. The molecule has 0 aliphatic heterocycles. The zero-order valence-electron chi connectivity index (χ0n) is 16.3. The van der Waals surface area contributed by atoms with Gasteiger partial charge < -0.3 is 9.84 Å². The molecule has 0 radical (unpaired) electrons. The fourth-order valence-electron chi connectivity index (χ4n) is 2.84. The summed E-state index contributed by atoms with van der Waals surface area (Å²) in [6.45, 7) is 6.03. The van der Waals surface area contributed by atoms with Crippen molar-refractivity contribution in [1.29, 1.82) is 0 Å². The zero-order valence-corrected chi connectivity index (χ0v) is 17.9. The summed E-state index contributed by atoms with van der Waals surface area (Å²) in [4.78, 5) is 24.6. The first-order chi connectivity index (χ1) is 13.3. The number of amides is 1. The molecule has 2 N–H and O–H groups in total. The number of hydrogen-bond acceptors (Lipinski definition) is 6. The van der Waals surface area contributed by atoms with E-state index in [0.717, 1.165) is 0 Å². The maximum atomic E-state index is 12.8. The molecule has 0 saturated carbocycles. The van der Waals surface area contributed by atoms with E-state index in [1.807, 2.05) is 13.0 Å². The van der Waals surface area contributed by atoms with E-state index in [0.29, 0.717) is 22.1 Å². The first kappa shape index (κ1) is 22.2. The lowest BCUT2D eigenvalue weighted by molar-refractivity contribution is -0.119. The van der Waals surface area contributed by atoms with Gasteiger partial charge in [0.05, 0.1) is 19.2 Å². The summed E-state index contributed by atoms with van der Waals surface area (Å²) in [5, 5.41) is 14.2. The lowest BCUT2D eigenvalue weighted by Crippen LogP contribution is -2.44. The molecule has 0 spiro atoms. The maximum Gasteiger partial charge on any atom is 0.411 e. The summed E-state index contributed by atoms with van der Waals surface area (Å²) in [5.74, 6) is 11.3. The van der Waals surface area contributed by atoms with Crippen molar-refractivity contribution in [3.63, 3.8) is 0 Å². The van der Waals surface area contributed by atoms with Crippen molar-refractivity contribution >= 4 is 33.5 Å². The number of allylic oxidation sites excluding steroid dienone is 3. The van der Waals surface area contributed by atoms with Crippen molar-refractivity contribution in [1.82, 2.24) is 5.32 Å². The van der Waals surface area contributed by atoms with Crippen LogP contribution in [0.4, 0.5) is 4.79 Å². The molecule has 7 heteroatoms. The van der Waals surface area contributed by atoms with E-state index < -0.39 is 23.4 Å².